The van der Waals surface area contributed by atoms with Gasteiger partial charge < -0.3 is 4.74 Å². The molecule has 2 aromatic rings. The molecule has 1 fully saturated rings. The molecule has 2 atom stereocenters. The first-order valence-corrected chi connectivity index (χ1v) is 12.7. The molecule has 0 saturated carbocycles. The number of piperidine rings is 1. The Hall–Kier alpha value is -3.47. The van der Waals surface area contributed by atoms with Crippen molar-refractivity contribution in [2.24, 2.45) is 0 Å². The van der Waals surface area contributed by atoms with Gasteiger partial charge in [0, 0.05) is 30.8 Å². The van der Waals surface area contributed by atoms with Gasteiger partial charge in [-0.3, -0.25) is 29.2 Å². The highest BCUT2D eigenvalue weighted by Gasteiger charge is 2.43. The van der Waals surface area contributed by atoms with E-state index in [1.165, 1.54) is 0 Å². The molecule has 0 aliphatic carbocycles. The number of methoxy groups -OCH3 is 1. The van der Waals surface area contributed by atoms with Crippen molar-refractivity contribution in [3.05, 3.63) is 68.8 Å². The molecule has 35 heavy (non-hydrogen) atoms. The SMILES string of the molecule is COC(=O)[C@@H]1CC[C@@H](OS(=O)(=O)c2ccc([N+](=O)[O-])cc2)CN1S(=O)(=O)c1ccc([N+](=O)[O-])cc1. The number of carbonyl (C=O) groups excluding carboxylic acids is 1. The number of nitro groups is 2. The summed E-state index contributed by atoms with van der Waals surface area (Å²) < 4.78 is 62.5. The Morgan fingerprint density at radius 1 is 0.886 bits per heavy atom. The average molecular weight is 530 g/mol. The zero-order valence-corrected chi connectivity index (χ0v) is 19.7. The van der Waals surface area contributed by atoms with Crippen molar-refractivity contribution in [2.75, 3.05) is 13.7 Å². The van der Waals surface area contributed by atoms with Crippen LogP contribution in [0.25, 0.3) is 0 Å². The fraction of sp³-hybridized carbons (Fsp3) is 0.316. The van der Waals surface area contributed by atoms with Crippen molar-refractivity contribution in [3.63, 3.8) is 0 Å². The molecule has 0 aromatic heterocycles. The van der Waals surface area contributed by atoms with Crippen molar-refractivity contribution < 1.29 is 40.4 Å². The average Bonchev–Trinajstić information content (AvgIpc) is 2.83. The molecule has 0 spiro atoms. The first-order chi connectivity index (χ1) is 16.4. The summed E-state index contributed by atoms with van der Waals surface area (Å²) in [5, 5.41) is 21.6. The Kier molecular flexibility index (Phi) is 7.49. The number of hydrogen-bond acceptors (Lipinski definition) is 11. The van der Waals surface area contributed by atoms with Crippen molar-refractivity contribution in [2.45, 2.75) is 34.8 Å². The number of esters is 1. The number of nitrogens with zero attached hydrogens (tertiary/aromatic N) is 3. The van der Waals surface area contributed by atoms with Crippen LogP contribution in [0.4, 0.5) is 11.4 Å². The van der Waals surface area contributed by atoms with Crippen LogP contribution in [0.2, 0.25) is 0 Å². The highest BCUT2D eigenvalue weighted by molar-refractivity contribution is 7.89. The van der Waals surface area contributed by atoms with E-state index >= 15 is 0 Å². The van der Waals surface area contributed by atoms with Crippen LogP contribution in [-0.4, -0.2) is 62.8 Å². The van der Waals surface area contributed by atoms with Crippen LogP contribution in [0.15, 0.2) is 58.3 Å². The number of hydrogen-bond donors (Lipinski definition) is 0. The smallest absolute Gasteiger partial charge is 0.324 e. The van der Waals surface area contributed by atoms with E-state index in [9.17, 15) is 41.9 Å². The van der Waals surface area contributed by atoms with Crippen molar-refractivity contribution in [3.8, 4) is 0 Å². The molecule has 0 N–H and O–H groups in total. The molecule has 0 radical (unpaired) electrons. The molecule has 0 unspecified atom stereocenters. The summed E-state index contributed by atoms with van der Waals surface area (Å²) in [6, 6.07) is 6.62. The number of benzene rings is 2. The molecule has 188 valence electrons. The molecule has 1 saturated heterocycles. The first-order valence-electron chi connectivity index (χ1n) is 9.88. The summed E-state index contributed by atoms with van der Waals surface area (Å²) in [5.74, 6) is -0.868. The Balaban J connectivity index is 1.88. The van der Waals surface area contributed by atoms with Gasteiger partial charge in [-0.15, -0.1) is 0 Å². The van der Waals surface area contributed by atoms with E-state index in [0.29, 0.717) is 0 Å². The third-order valence-corrected chi connectivity index (χ3v) is 8.48. The summed E-state index contributed by atoms with van der Waals surface area (Å²) in [5.41, 5.74) is -0.676. The van der Waals surface area contributed by atoms with E-state index in [-0.39, 0.29) is 34.0 Å². The van der Waals surface area contributed by atoms with Crippen LogP contribution in [0.5, 0.6) is 0 Å². The topological polar surface area (TPSA) is 193 Å². The highest BCUT2D eigenvalue weighted by Crippen LogP contribution is 2.30. The lowest BCUT2D eigenvalue weighted by Gasteiger charge is -2.36. The monoisotopic (exact) mass is 529 g/mol. The standard InChI is InChI=1S/C19H19N3O11S2/c1-32-19(23)18-11-6-15(33-35(30,31)17-9-4-14(5-10-17)22(26)27)12-20(18)34(28,29)16-7-2-13(3-8-16)21(24)25/h2-5,7-10,15,18H,6,11-12H2,1H3/t15-,18+/m1/s1. The molecule has 16 heteroatoms. The Morgan fingerprint density at radius 3 is 1.83 bits per heavy atom. The normalized spacial score (nSPS) is 19.1. The fourth-order valence-corrected chi connectivity index (χ4v) is 6.20. The van der Waals surface area contributed by atoms with Crippen LogP contribution in [0.3, 0.4) is 0 Å². The summed E-state index contributed by atoms with van der Waals surface area (Å²) >= 11 is 0. The molecule has 1 aliphatic heterocycles. The van der Waals surface area contributed by atoms with Gasteiger partial charge in [0.1, 0.15) is 6.04 Å². The zero-order chi connectivity index (χ0) is 26.0. The fourth-order valence-electron chi connectivity index (χ4n) is 3.47. The maximum atomic E-state index is 13.3. The Labute approximate surface area is 199 Å². The van der Waals surface area contributed by atoms with Crippen molar-refractivity contribution in [1.29, 1.82) is 0 Å². The number of non-ortho nitro benzene ring substituents is 2. The van der Waals surface area contributed by atoms with Gasteiger partial charge in [-0.25, -0.2) is 8.42 Å². The van der Waals surface area contributed by atoms with E-state index in [2.05, 4.69) is 4.74 Å². The molecular formula is C19H19N3O11S2. The van der Waals surface area contributed by atoms with E-state index < -0.39 is 54.6 Å². The summed E-state index contributed by atoms with van der Waals surface area (Å²) in [7, 11) is -7.78. The maximum absolute atomic E-state index is 13.3. The summed E-state index contributed by atoms with van der Waals surface area (Å²) in [6.07, 6.45) is -1.33. The van der Waals surface area contributed by atoms with Crippen LogP contribution in [-0.2, 0) is 33.9 Å². The van der Waals surface area contributed by atoms with E-state index in [1.807, 2.05) is 0 Å². The number of nitro benzene ring substituents is 2. The zero-order valence-electron chi connectivity index (χ0n) is 18.0. The van der Waals surface area contributed by atoms with Gasteiger partial charge in [0.25, 0.3) is 21.5 Å². The predicted octanol–water partition coefficient (Wildman–Crippen LogP) is 1.60. The van der Waals surface area contributed by atoms with Gasteiger partial charge in [-0.1, -0.05) is 0 Å². The molecule has 3 rings (SSSR count). The molecule has 1 aliphatic rings. The third-order valence-electron chi connectivity index (χ3n) is 5.22. The highest BCUT2D eigenvalue weighted by atomic mass is 32.2. The second-order valence-electron chi connectivity index (χ2n) is 7.37. The minimum absolute atomic E-state index is 0.0156. The lowest BCUT2D eigenvalue weighted by Crippen LogP contribution is -2.53. The van der Waals surface area contributed by atoms with Crippen molar-refractivity contribution >= 4 is 37.5 Å². The second-order valence-corrected chi connectivity index (χ2v) is 10.8. The lowest BCUT2D eigenvalue weighted by molar-refractivity contribution is -0.385. The predicted molar refractivity (Wildman–Crippen MR) is 117 cm³/mol. The quantitative estimate of drug-likeness (QED) is 0.209. The Bertz CT molecular complexity index is 1340. The number of rotatable bonds is 8. The molecule has 0 amide bonds. The lowest BCUT2D eigenvalue weighted by atomic mass is 10.0. The van der Waals surface area contributed by atoms with Crippen LogP contribution < -0.4 is 0 Å². The van der Waals surface area contributed by atoms with Crippen LogP contribution in [0, 0.1) is 20.2 Å². The minimum atomic E-state index is -4.43. The summed E-state index contributed by atoms with van der Waals surface area (Å²) in [4.78, 5) is 31.8. The molecule has 2 aromatic carbocycles. The molecular weight excluding hydrogens is 510 g/mol. The van der Waals surface area contributed by atoms with Gasteiger partial charge in [-0.2, -0.15) is 12.7 Å². The molecule has 14 nitrogen and oxygen atoms in total. The van der Waals surface area contributed by atoms with Gasteiger partial charge in [0.2, 0.25) is 10.0 Å². The van der Waals surface area contributed by atoms with E-state index in [0.717, 1.165) is 59.9 Å². The van der Waals surface area contributed by atoms with Crippen molar-refractivity contribution in [1.82, 2.24) is 4.31 Å². The van der Waals surface area contributed by atoms with E-state index in [1.54, 1.807) is 0 Å². The van der Waals surface area contributed by atoms with Gasteiger partial charge >= 0.3 is 5.97 Å². The molecule has 0 bridgehead atoms. The minimum Gasteiger partial charge on any atom is -0.468 e. The maximum Gasteiger partial charge on any atom is 0.324 e. The summed E-state index contributed by atoms with van der Waals surface area (Å²) in [6.45, 7) is -0.536. The van der Waals surface area contributed by atoms with Crippen LogP contribution >= 0.6 is 0 Å². The number of carbonyl (C=O) groups is 1. The number of ether oxygens (including phenoxy) is 1. The third kappa shape index (κ3) is 5.61. The Morgan fingerprint density at radius 2 is 1.37 bits per heavy atom. The first kappa shape index (κ1) is 26.1. The van der Waals surface area contributed by atoms with E-state index in [4.69, 9.17) is 4.18 Å². The van der Waals surface area contributed by atoms with Gasteiger partial charge in [0.15, 0.2) is 0 Å². The van der Waals surface area contributed by atoms with Crippen LogP contribution in [0.1, 0.15) is 12.8 Å². The second kappa shape index (κ2) is 10.0. The van der Waals surface area contributed by atoms with Gasteiger partial charge in [0.05, 0.1) is 32.9 Å². The molecule has 1 heterocycles. The largest absolute Gasteiger partial charge is 0.468 e. The number of sulfonamides is 1. The van der Waals surface area contributed by atoms with Gasteiger partial charge in [-0.05, 0) is 37.1 Å².